The van der Waals surface area contributed by atoms with Crippen molar-refractivity contribution >= 4 is 11.4 Å². The van der Waals surface area contributed by atoms with Crippen LogP contribution in [0, 0.1) is 21.7 Å². The average molecular weight is 270 g/mol. The van der Waals surface area contributed by atoms with E-state index in [0.717, 1.165) is 12.5 Å². The summed E-state index contributed by atoms with van der Waals surface area (Å²) >= 11 is 0. The normalized spacial score (nSPS) is 10.4. The fourth-order valence-corrected chi connectivity index (χ4v) is 1.50. The van der Waals surface area contributed by atoms with E-state index in [9.17, 15) is 18.9 Å². The van der Waals surface area contributed by atoms with E-state index < -0.39 is 22.2 Å². The molecule has 9 heteroatoms. The lowest BCUT2D eigenvalue weighted by molar-refractivity contribution is -0.386. The maximum absolute atomic E-state index is 13.3. The quantitative estimate of drug-likeness (QED) is 0.658. The monoisotopic (exact) mass is 270 g/mol. The first-order valence-electron chi connectivity index (χ1n) is 5.20. The van der Waals surface area contributed by atoms with Gasteiger partial charge in [0.2, 0.25) is 12.2 Å². The van der Waals surface area contributed by atoms with Gasteiger partial charge >= 0.3 is 5.69 Å². The zero-order valence-corrected chi connectivity index (χ0v) is 9.47. The van der Waals surface area contributed by atoms with E-state index in [1.54, 1.807) is 0 Å². The van der Waals surface area contributed by atoms with Crippen LogP contribution in [0.5, 0.6) is 0 Å². The molecule has 0 aliphatic heterocycles. The van der Waals surface area contributed by atoms with E-state index in [-0.39, 0.29) is 12.2 Å². The number of hydrogen-bond acceptors (Lipinski definition) is 6. The molecule has 1 aromatic heterocycles. The van der Waals surface area contributed by atoms with Crippen molar-refractivity contribution in [3.63, 3.8) is 0 Å². The molecule has 1 heterocycles. The van der Waals surface area contributed by atoms with E-state index in [4.69, 9.17) is 0 Å². The van der Waals surface area contributed by atoms with E-state index >= 15 is 0 Å². The molecule has 0 fully saturated rings. The van der Waals surface area contributed by atoms with Crippen molar-refractivity contribution in [2.75, 3.05) is 11.9 Å². The van der Waals surface area contributed by atoms with E-state index in [2.05, 4.69) is 20.0 Å². The smallest absolute Gasteiger partial charge is 0.327 e. The lowest BCUT2D eigenvalue weighted by Gasteiger charge is -2.06. The van der Waals surface area contributed by atoms with Gasteiger partial charge in [-0.3, -0.25) is 10.1 Å². The summed E-state index contributed by atoms with van der Waals surface area (Å²) in [6.45, 7) is 0.170. The Hall–Kier alpha value is -2.58. The van der Waals surface area contributed by atoms with Crippen LogP contribution in [0.3, 0.4) is 0 Å². The van der Waals surface area contributed by atoms with Gasteiger partial charge in [-0.1, -0.05) is 5.16 Å². The van der Waals surface area contributed by atoms with E-state index in [1.807, 2.05) is 0 Å². The minimum atomic E-state index is -1.23. The van der Waals surface area contributed by atoms with Gasteiger partial charge in [0, 0.05) is 25.1 Å². The predicted molar refractivity (Wildman–Crippen MR) is 59.5 cm³/mol. The molecule has 0 radical (unpaired) electrons. The van der Waals surface area contributed by atoms with Crippen LogP contribution in [0.4, 0.5) is 20.2 Å². The molecule has 2 aromatic rings. The number of halogens is 2. The fourth-order valence-electron chi connectivity index (χ4n) is 1.50. The molecule has 1 N–H and O–H groups in total. The number of anilines is 1. The Morgan fingerprint density at radius 1 is 1.42 bits per heavy atom. The highest BCUT2D eigenvalue weighted by Gasteiger charge is 2.21. The standard InChI is InChI=1S/C10H8F2N4O3/c11-6-3-7(12)10(16(17)18)8(4-6)13-2-1-9-14-5-19-15-9/h3-5,13H,1-2H2. The highest BCUT2D eigenvalue weighted by atomic mass is 19.1. The Bertz CT molecular complexity index is 589. The number of nitrogens with zero attached hydrogens (tertiary/aromatic N) is 3. The summed E-state index contributed by atoms with van der Waals surface area (Å²) < 4.78 is 30.8. The van der Waals surface area contributed by atoms with Crippen molar-refractivity contribution in [3.05, 3.63) is 46.1 Å². The average Bonchev–Trinajstić information content (AvgIpc) is 2.80. The first-order chi connectivity index (χ1) is 9.08. The summed E-state index contributed by atoms with van der Waals surface area (Å²) in [5, 5.41) is 16.8. The van der Waals surface area contributed by atoms with Gasteiger partial charge in [0.25, 0.3) is 0 Å². The molecule has 0 amide bonds. The molecule has 1 aromatic carbocycles. The van der Waals surface area contributed by atoms with Crippen molar-refractivity contribution < 1.29 is 18.2 Å². The summed E-state index contributed by atoms with van der Waals surface area (Å²) in [6.07, 6.45) is 1.44. The second kappa shape index (κ2) is 5.38. The maximum atomic E-state index is 13.3. The van der Waals surface area contributed by atoms with Crippen molar-refractivity contribution in [1.82, 2.24) is 10.1 Å². The van der Waals surface area contributed by atoms with Gasteiger partial charge < -0.3 is 9.84 Å². The minimum absolute atomic E-state index is 0.170. The first-order valence-corrected chi connectivity index (χ1v) is 5.20. The second-order valence-corrected chi connectivity index (χ2v) is 3.57. The summed E-state index contributed by atoms with van der Waals surface area (Å²) in [5.74, 6) is -1.75. The Labute approximate surface area is 105 Å². The van der Waals surface area contributed by atoms with Crippen molar-refractivity contribution in [3.8, 4) is 0 Å². The van der Waals surface area contributed by atoms with Crippen molar-refractivity contribution in [2.45, 2.75) is 6.42 Å². The van der Waals surface area contributed by atoms with Gasteiger partial charge in [0.05, 0.1) is 4.92 Å². The number of aromatic nitrogens is 2. The molecule has 2 rings (SSSR count). The molecule has 0 spiro atoms. The molecule has 100 valence electrons. The van der Waals surface area contributed by atoms with Crippen LogP contribution in [-0.4, -0.2) is 21.6 Å². The molecule has 0 aliphatic carbocycles. The number of rotatable bonds is 5. The van der Waals surface area contributed by atoms with Crippen LogP contribution in [0.25, 0.3) is 0 Å². The Kier molecular flexibility index (Phi) is 3.64. The molecule has 0 atom stereocenters. The van der Waals surface area contributed by atoms with E-state index in [1.165, 1.54) is 0 Å². The molecular formula is C10H8F2N4O3. The van der Waals surface area contributed by atoms with Crippen LogP contribution in [0.2, 0.25) is 0 Å². The summed E-state index contributed by atoms with van der Waals surface area (Å²) in [6, 6.07) is 1.32. The summed E-state index contributed by atoms with van der Waals surface area (Å²) in [4.78, 5) is 13.5. The van der Waals surface area contributed by atoms with Crippen LogP contribution in [0.15, 0.2) is 23.0 Å². The molecule has 0 unspecified atom stereocenters. The Morgan fingerprint density at radius 3 is 2.84 bits per heavy atom. The SMILES string of the molecule is O=[N+]([O-])c1c(F)cc(F)cc1NCCc1ncon1. The molecule has 0 bridgehead atoms. The van der Waals surface area contributed by atoms with Gasteiger partial charge in [-0.05, 0) is 0 Å². The highest BCUT2D eigenvalue weighted by molar-refractivity contribution is 5.62. The van der Waals surface area contributed by atoms with Crippen LogP contribution >= 0.6 is 0 Å². The maximum Gasteiger partial charge on any atom is 0.327 e. The van der Waals surface area contributed by atoms with Gasteiger partial charge in [0.15, 0.2) is 5.82 Å². The van der Waals surface area contributed by atoms with Crippen molar-refractivity contribution in [2.24, 2.45) is 0 Å². The number of benzene rings is 1. The van der Waals surface area contributed by atoms with Crippen molar-refractivity contribution in [1.29, 1.82) is 0 Å². The first kappa shape index (κ1) is 12.9. The molecule has 7 nitrogen and oxygen atoms in total. The third-order valence-electron chi connectivity index (χ3n) is 2.28. The zero-order chi connectivity index (χ0) is 13.8. The summed E-state index contributed by atoms with van der Waals surface area (Å²) in [7, 11) is 0. The topological polar surface area (TPSA) is 94.1 Å². The fraction of sp³-hybridized carbons (Fsp3) is 0.200. The molecule has 19 heavy (non-hydrogen) atoms. The van der Waals surface area contributed by atoms with Crippen LogP contribution in [-0.2, 0) is 6.42 Å². The number of nitrogens with one attached hydrogen (secondary N) is 1. The molecular weight excluding hydrogens is 262 g/mol. The predicted octanol–water partition coefficient (Wildman–Crippen LogP) is 1.91. The number of hydrogen-bond donors (Lipinski definition) is 1. The van der Waals surface area contributed by atoms with Gasteiger partial charge in [0.1, 0.15) is 11.5 Å². The molecule has 0 saturated carbocycles. The van der Waals surface area contributed by atoms with Crippen LogP contribution < -0.4 is 5.32 Å². The lowest BCUT2D eigenvalue weighted by Crippen LogP contribution is -2.09. The molecule has 0 saturated heterocycles. The third kappa shape index (κ3) is 3.00. The minimum Gasteiger partial charge on any atom is -0.379 e. The summed E-state index contributed by atoms with van der Waals surface area (Å²) in [5.41, 5.74) is -1.03. The Balaban J connectivity index is 2.12. The highest BCUT2D eigenvalue weighted by Crippen LogP contribution is 2.28. The lowest BCUT2D eigenvalue weighted by atomic mass is 10.2. The molecule has 0 aliphatic rings. The third-order valence-corrected chi connectivity index (χ3v) is 2.28. The van der Waals surface area contributed by atoms with Gasteiger partial charge in [-0.2, -0.15) is 9.37 Å². The van der Waals surface area contributed by atoms with Crippen LogP contribution in [0.1, 0.15) is 5.82 Å². The van der Waals surface area contributed by atoms with Gasteiger partial charge in [-0.15, -0.1) is 0 Å². The zero-order valence-electron chi connectivity index (χ0n) is 9.47. The second-order valence-electron chi connectivity index (χ2n) is 3.57. The van der Waals surface area contributed by atoms with E-state index in [0.29, 0.717) is 18.3 Å². The van der Waals surface area contributed by atoms with Gasteiger partial charge in [-0.25, -0.2) is 4.39 Å². The number of nitro groups is 1. The Morgan fingerprint density at radius 2 is 2.21 bits per heavy atom. The largest absolute Gasteiger partial charge is 0.379 e. The number of nitro benzene ring substituents is 1.